The number of esters is 1. The second-order valence-electron chi connectivity index (χ2n) is 11.6. The molecular weight excluding hydrogens is 421 g/mol. The molecule has 0 spiro atoms. The first-order chi connectivity index (χ1) is 14.9. The van der Waals surface area contributed by atoms with E-state index in [0.717, 1.165) is 11.0 Å². The van der Waals surface area contributed by atoms with Gasteiger partial charge in [-0.3, -0.25) is 0 Å². The first-order valence-electron chi connectivity index (χ1n) is 11.6. The van der Waals surface area contributed by atoms with Crippen molar-refractivity contribution in [1.82, 2.24) is 5.32 Å². The van der Waals surface area contributed by atoms with Crippen molar-refractivity contribution in [2.75, 3.05) is 0 Å². The number of benzene rings is 1. The minimum Gasteiger partial charge on any atom is -0.458 e. The Morgan fingerprint density at radius 1 is 0.909 bits per heavy atom. The molecule has 0 bridgehead atoms. The average molecular weight is 461 g/mol. The van der Waals surface area contributed by atoms with Crippen molar-refractivity contribution in [3.8, 4) is 0 Å². The number of hydrogen-bond acceptors (Lipinski definition) is 6. The molecule has 1 aromatic rings. The van der Waals surface area contributed by atoms with Crippen LogP contribution < -0.4 is 10.8 Å². The summed E-state index contributed by atoms with van der Waals surface area (Å²) in [6, 6.07) is 7.10. The van der Waals surface area contributed by atoms with Gasteiger partial charge >= 0.3 is 19.2 Å². The van der Waals surface area contributed by atoms with Gasteiger partial charge < -0.3 is 24.1 Å². The minimum atomic E-state index is -0.818. The summed E-state index contributed by atoms with van der Waals surface area (Å²) in [5.74, 6) is -0.484. The molecule has 1 aromatic carbocycles. The number of aryl methyl sites for hydroxylation is 1. The van der Waals surface area contributed by atoms with Crippen molar-refractivity contribution in [2.45, 2.75) is 111 Å². The predicted octanol–water partition coefficient (Wildman–Crippen LogP) is 4.15. The molecule has 0 radical (unpaired) electrons. The lowest BCUT2D eigenvalue weighted by atomic mass is 9.78. The Kier molecular flexibility index (Phi) is 7.96. The van der Waals surface area contributed by atoms with Gasteiger partial charge in [0, 0.05) is 0 Å². The van der Waals surface area contributed by atoms with Crippen LogP contribution in [-0.2, 0) is 30.0 Å². The summed E-state index contributed by atoms with van der Waals surface area (Å²) in [5.41, 5.74) is -0.154. The highest BCUT2D eigenvalue weighted by atomic mass is 16.7. The van der Waals surface area contributed by atoms with Gasteiger partial charge in [-0.05, 0) is 93.1 Å². The minimum absolute atomic E-state index is 0.379. The van der Waals surface area contributed by atoms with Crippen molar-refractivity contribution in [3.63, 3.8) is 0 Å². The third-order valence-corrected chi connectivity index (χ3v) is 5.61. The van der Waals surface area contributed by atoms with Gasteiger partial charge in [0.05, 0.1) is 11.2 Å². The van der Waals surface area contributed by atoms with Gasteiger partial charge in [0.2, 0.25) is 0 Å². The Balaban J connectivity index is 2.05. The fraction of sp³-hybridized carbons (Fsp3) is 0.680. The zero-order valence-electron chi connectivity index (χ0n) is 21.8. The molecule has 0 aromatic heterocycles. The van der Waals surface area contributed by atoms with E-state index < -0.39 is 47.6 Å². The number of nitrogens with one attached hydrogen (secondary N) is 1. The molecule has 184 valence electrons. The van der Waals surface area contributed by atoms with Crippen LogP contribution in [0.15, 0.2) is 24.3 Å². The Hall–Kier alpha value is -2.06. The predicted molar refractivity (Wildman–Crippen MR) is 129 cm³/mol. The van der Waals surface area contributed by atoms with Crippen LogP contribution in [-0.4, -0.2) is 47.6 Å². The summed E-state index contributed by atoms with van der Waals surface area (Å²) in [6.45, 7) is 18.8. The van der Waals surface area contributed by atoms with Gasteiger partial charge in [0.15, 0.2) is 0 Å². The highest BCUT2D eigenvalue weighted by Gasteiger charge is 2.51. The first kappa shape index (κ1) is 27.2. The van der Waals surface area contributed by atoms with E-state index >= 15 is 0 Å². The van der Waals surface area contributed by atoms with E-state index in [4.69, 9.17) is 18.8 Å². The first-order valence-corrected chi connectivity index (χ1v) is 11.6. The van der Waals surface area contributed by atoms with Gasteiger partial charge in [-0.1, -0.05) is 24.3 Å². The summed E-state index contributed by atoms with van der Waals surface area (Å²) in [5, 5.41) is 2.66. The summed E-state index contributed by atoms with van der Waals surface area (Å²) < 4.78 is 23.0. The van der Waals surface area contributed by atoms with Crippen molar-refractivity contribution in [2.24, 2.45) is 0 Å². The summed E-state index contributed by atoms with van der Waals surface area (Å²) in [6.07, 6.45) is 0.308. The molecule has 7 nitrogen and oxygen atoms in total. The molecule has 1 saturated heterocycles. The van der Waals surface area contributed by atoms with Crippen LogP contribution in [0.1, 0.15) is 81.2 Å². The van der Waals surface area contributed by atoms with Gasteiger partial charge in [-0.15, -0.1) is 0 Å². The number of carbonyl (C=O) groups is 2. The maximum atomic E-state index is 12.7. The lowest BCUT2D eigenvalue weighted by molar-refractivity contribution is -0.157. The SMILES string of the molecule is CC(C)(C)OC(=O)N[C@@H](CCc1ccc(B2OC(C)(C)C(C)(C)O2)cc1)C(=O)OC(C)(C)C. The highest BCUT2D eigenvalue weighted by molar-refractivity contribution is 6.62. The highest BCUT2D eigenvalue weighted by Crippen LogP contribution is 2.36. The van der Waals surface area contributed by atoms with Crippen LogP contribution in [0.3, 0.4) is 0 Å². The monoisotopic (exact) mass is 461 g/mol. The Morgan fingerprint density at radius 2 is 1.39 bits per heavy atom. The Bertz CT molecular complexity index is 820. The summed E-state index contributed by atoms with van der Waals surface area (Å²) in [7, 11) is -0.424. The number of hydrogen-bond donors (Lipinski definition) is 1. The van der Waals surface area contributed by atoms with Crippen LogP contribution in [0.2, 0.25) is 0 Å². The van der Waals surface area contributed by atoms with Crippen LogP contribution >= 0.6 is 0 Å². The van der Waals surface area contributed by atoms with Gasteiger partial charge in [0.1, 0.15) is 17.2 Å². The molecule has 0 aliphatic carbocycles. The maximum absolute atomic E-state index is 12.7. The molecule has 1 aliphatic heterocycles. The number of carbonyl (C=O) groups excluding carboxylic acids is 2. The molecule has 1 fully saturated rings. The lowest BCUT2D eigenvalue weighted by Gasteiger charge is -2.32. The van der Waals surface area contributed by atoms with E-state index in [1.807, 2.05) is 52.0 Å². The van der Waals surface area contributed by atoms with Crippen molar-refractivity contribution in [1.29, 1.82) is 0 Å². The number of alkyl carbamates (subject to hydrolysis) is 1. The normalized spacial score (nSPS) is 18.5. The molecule has 1 aliphatic rings. The fourth-order valence-electron chi connectivity index (χ4n) is 3.20. The van der Waals surface area contributed by atoms with E-state index in [2.05, 4.69) is 5.32 Å². The zero-order valence-corrected chi connectivity index (χ0v) is 21.8. The van der Waals surface area contributed by atoms with E-state index in [-0.39, 0.29) is 0 Å². The average Bonchev–Trinajstić information content (AvgIpc) is 2.83. The van der Waals surface area contributed by atoms with Gasteiger partial charge in [-0.25, -0.2) is 9.59 Å². The van der Waals surface area contributed by atoms with Crippen LogP contribution in [0.5, 0.6) is 0 Å². The fourth-order valence-corrected chi connectivity index (χ4v) is 3.20. The van der Waals surface area contributed by atoms with Crippen LogP contribution in [0.4, 0.5) is 4.79 Å². The largest absolute Gasteiger partial charge is 0.494 e. The van der Waals surface area contributed by atoms with Crippen molar-refractivity contribution < 1.29 is 28.4 Å². The molecule has 1 heterocycles. The van der Waals surface area contributed by atoms with Crippen molar-refractivity contribution >= 4 is 24.6 Å². The molecular formula is C25H40BNO6. The zero-order chi connectivity index (χ0) is 25.2. The van der Waals surface area contributed by atoms with Crippen LogP contribution in [0.25, 0.3) is 0 Å². The van der Waals surface area contributed by atoms with Crippen LogP contribution in [0, 0.1) is 0 Å². The van der Waals surface area contributed by atoms with Crippen molar-refractivity contribution in [3.05, 3.63) is 29.8 Å². The van der Waals surface area contributed by atoms with E-state index in [9.17, 15) is 9.59 Å². The summed E-state index contributed by atoms with van der Waals surface area (Å²) >= 11 is 0. The Labute approximate surface area is 199 Å². The summed E-state index contributed by atoms with van der Waals surface area (Å²) in [4.78, 5) is 25.0. The number of ether oxygens (including phenoxy) is 2. The standard InChI is InChI=1S/C25H40BNO6/c1-22(2,3)30-20(28)19(27-21(29)31-23(4,5)6)16-13-17-11-14-18(15-12-17)26-32-24(7,8)25(9,10)33-26/h11-12,14-15,19H,13,16H2,1-10H3,(H,27,29)/t19-/m0/s1. The second-order valence-corrected chi connectivity index (χ2v) is 11.6. The topological polar surface area (TPSA) is 83.1 Å². The quantitative estimate of drug-likeness (QED) is 0.506. The van der Waals surface area contributed by atoms with E-state index in [1.165, 1.54) is 0 Å². The van der Waals surface area contributed by atoms with E-state index in [0.29, 0.717) is 12.8 Å². The maximum Gasteiger partial charge on any atom is 0.494 e. The smallest absolute Gasteiger partial charge is 0.458 e. The third-order valence-electron chi connectivity index (χ3n) is 5.61. The Morgan fingerprint density at radius 3 is 1.85 bits per heavy atom. The molecule has 0 unspecified atom stereocenters. The molecule has 1 N–H and O–H groups in total. The third kappa shape index (κ3) is 8.04. The second kappa shape index (κ2) is 9.67. The molecule has 8 heteroatoms. The number of rotatable bonds is 6. The molecule has 33 heavy (non-hydrogen) atoms. The lowest BCUT2D eigenvalue weighted by Crippen LogP contribution is -2.46. The van der Waals surface area contributed by atoms with Gasteiger partial charge in [-0.2, -0.15) is 0 Å². The van der Waals surface area contributed by atoms with Gasteiger partial charge in [0.25, 0.3) is 0 Å². The molecule has 1 atom stereocenters. The molecule has 2 rings (SSSR count). The molecule has 0 saturated carbocycles. The molecule has 1 amide bonds. The number of amides is 1. The van der Waals surface area contributed by atoms with E-state index in [1.54, 1.807) is 41.5 Å².